The fourth-order valence-corrected chi connectivity index (χ4v) is 1.90. The second-order valence-electron chi connectivity index (χ2n) is 4.68. The maximum atomic E-state index is 4.36. The Balaban J connectivity index is 1.91. The molecule has 0 aliphatic heterocycles. The summed E-state index contributed by atoms with van der Waals surface area (Å²) in [6, 6.07) is 2.62. The molecule has 15 heavy (non-hydrogen) atoms. The van der Waals surface area contributed by atoms with E-state index >= 15 is 0 Å². The molecule has 3 nitrogen and oxygen atoms in total. The normalized spacial score (nSPS) is 17.7. The van der Waals surface area contributed by atoms with Gasteiger partial charge >= 0.3 is 0 Å². The molecule has 1 atom stereocenters. The number of hydrogen-bond acceptors (Lipinski definition) is 2. The van der Waals surface area contributed by atoms with Crippen molar-refractivity contribution in [3.63, 3.8) is 0 Å². The van der Waals surface area contributed by atoms with Crippen LogP contribution in [0.15, 0.2) is 12.3 Å². The largest absolute Gasteiger partial charge is 0.368 e. The minimum absolute atomic E-state index is 0.546. The summed E-state index contributed by atoms with van der Waals surface area (Å²) in [6.45, 7) is 5.55. The van der Waals surface area contributed by atoms with E-state index in [2.05, 4.69) is 35.0 Å². The molecule has 1 aliphatic carbocycles. The third-order valence-electron chi connectivity index (χ3n) is 2.96. The summed E-state index contributed by atoms with van der Waals surface area (Å²) >= 11 is 0. The molecule has 1 heterocycles. The van der Waals surface area contributed by atoms with Crippen molar-refractivity contribution in [1.82, 2.24) is 9.78 Å². The van der Waals surface area contributed by atoms with E-state index in [1.165, 1.54) is 31.5 Å². The average molecular weight is 207 g/mol. The van der Waals surface area contributed by atoms with Gasteiger partial charge in [-0.05, 0) is 32.1 Å². The summed E-state index contributed by atoms with van der Waals surface area (Å²) in [6.07, 6.45) is 7.09. The van der Waals surface area contributed by atoms with Crippen molar-refractivity contribution >= 4 is 5.82 Å². The molecule has 1 saturated carbocycles. The predicted molar refractivity (Wildman–Crippen MR) is 62.9 cm³/mol. The monoisotopic (exact) mass is 207 g/mol. The maximum Gasteiger partial charge on any atom is 0.124 e. The number of rotatable bonds is 6. The van der Waals surface area contributed by atoms with Gasteiger partial charge in [-0.1, -0.05) is 13.3 Å². The van der Waals surface area contributed by atoms with E-state index in [9.17, 15) is 0 Å². The van der Waals surface area contributed by atoms with E-state index in [0.29, 0.717) is 6.04 Å². The second-order valence-corrected chi connectivity index (χ2v) is 4.68. The standard InChI is InChI=1S/C12H21N3/c1-3-4-10(2)14-12-7-8-13-15(12)9-11-5-6-11/h7-8,10-11,14H,3-6,9H2,1-2H3. The van der Waals surface area contributed by atoms with Crippen LogP contribution < -0.4 is 5.32 Å². The maximum absolute atomic E-state index is 4.36. The van der Waals surface area contributed by atoms with Gasteiger partial charge in [-0.15, -0.1) is 0 Å². The molecule has 84 valence electrons. The topological polar surface area (TPSA) is 29.9 Å². The van der Waals surface area contributed by atoms with Crippen molar-refractivity contribution in [2.45, 2.75) is 52.1 Å². The lowest BCUT2D eigenvalue weighted by atomic mass is 10.2. The van der Waals surface area contributed by atoms with E-state index < -0.39 is 0 Å². The molecule has 1 aliphatic rings. The number of aromatic nitrogens is 2. The van der Waals surface area contributed by atoms with Crippen molar-refractivity contribution in [3.05, 3.63) is 12.3 Å². The molecule has 2 rings (SSSR count). The van der Waals surface area contributed by atoms with Crippen LogP contribution in [0, 0.1) is 5.92 Å². The third-order valence-corrected chi connectivity index (χ3v) is 2.96. The molecule has 0 radical (unpaired) electrons. The minimum Gasteiger partial charge on any atom is -0.368 e. The van der Waals surface area contributed by atoms with E-state index in [1.54, 1.807) is 0 Å². The van der Waals surface area contributed by atoms with Crippen LogP contribution in [-0.2, 0) is 6.54 Å². The van der Waals surface area contributed by atoms with Crippen molar-refractivity contribution in [2.24, 2.45) is 5.92 Å². The van der Waals surface area contributed by atoms with E-state index in [-0.39, 0.29) is 0 Å². The fourth-order valence-electron chi connectivity index (χ4n) is 1.90. The molecule has 0 amide bonds. The average Bonchev–Trinajstić information content (AvgIpc) is 2.90. The first-order valence-electron chi connectivity index (χ1n) is 6.08. The van der Waals surface area contributed by atoms with Crippen molar-refractivity contribution in [3.8, 4) is 0 Å². The molecule has 1 fully saturated rings. The minimum atomic E-state index is 0.546. The Bertz CT molecular complexity index is 302. The summed E-state index contributed by atoms with van der Waals surface area (Å²) < 4.78 is 2.11. The highest BCUT2D eigenvalue weighted by molar-refractivity contribution is 5.34. The lowest BCUT2D eigenvalue weighted by molar-refractivity contribution is 0.561. The van der Waals surface area contributed by atoms with Gasteiger partial charge in [0.25, 0.3) is 0 Å². The Labute approximate surface area is 91.9 Å². The zero-order chi connectivity index (χ0) is 10.7. The van der Waals surface area contributed by atoms with Gasteiger partial charge in [-0.25, -0.2) is 4.68 Å². The number of nitrogens with one attached hydrogen (secondary N) is 1. The molecule has 0 saturated heterocycles. The van der Waals surface area contributed by atoms with Crippen LogP contribution in [0.1, 0.15) is 39.5 Å². The molecule has 1 unspecified atom stereocenters. The Hall–Kier alpha value is -0.990. The second kappa shape index (κ2) is 4.69. The zero-order valence-electron chi connectivity index (χ0n) is 9.74. The molecule has 3 heteroatoms. The van der Waals surface area contributed by atoms with Gasteiger partial charge in [0.15, 0.2) is 0 Å². The van der Waals surface area contributed by atoms with Gasteiger partial charge in [0.2, 0.25) is 0 Å². The Kier molecular flexibility index (Phi) is 3.29. The van der Waals surface area contributed by atoms with Gasteiger partial charge < -0.3 is 5.32 Å². The van der Waals surface area contributed by atoms with Gasteiger partial charge in [0.05, 0.1) is 6.20 Å². The van der Waals surface area contributed by atoms with Gasteiger partial charge in [0, 0.05) is 18.7 Å². The Morgan fingerprint density at radius 2 is 2.40 bits per heavy atom. The quantitative estimate of drug-likeness (QED) is 0.777. The highest BCUT2D eigenvalue weighted by Gasteiger charge is 2.23. The highest BCUT2D eigenvalue weighted by atomic mass is 15.3. The number of anilines is 1. The van der Waals surface area contributed by atoms with Crippen LogP contribution in [0.2, 0.25) is 0 Å². The van der Waals surface area contributed by atoms with Crippen molar-refractivity contribution in [2.75, 3.05) is 5.32 Å². The van der Waals surface area contributed by atoms with Crippen molar-refractivity contribution in [1.29, 1.82) is 0 Å². The smallest absolute Gasteiger partial charge is 0.124 e. The molecule has 0 spiro atoms. The van der Waals surface area contributed by atoms with Gasteiger partial charge in [-0.3, -0.25) is 0 Å². The molecule has 1 aromatic rings. The van der Waals surface area contributed by atoms with E-state index in [4.69, 9.17) is 0 Å². The Morgan fingerprint density at radius 3 is 3.07 bits per heavy atom. The lowest BCUT2D eigenvalue weighted by Crippen LogP contribution is -2.18. The summed E-state index contributed by atoms with van der Waals surface area (Å²) in [5.74, 6) is 2.06. The molecular weight excluding hydrogens is 186 g/mol. The first-order valence-corrected chi connectivity index (χ1v) is 6.08. The first kappa shape index (κ1) is 10.5. The third kappa shape index (κ3) is 2.98. The van der Waals surface area contributed by atoms with Crippen LogP contribution in [0.5, 0.6) is 0 Å². The summed E-state index contributed by atoms with van der Waals surface area (Å²) in [5, 5.41) is 7.89. The SMILES string of the molecule is CCCC(C)Nc1ccnn1CC1CC1. The molecule has 0 bridgehead atoms. The van der Waals surface area contributed by atoms with Crippen LogP contribution in [0.4, 0.5) is 5.82 Å². The number of nitrogens with zero attached hydrogens (tertiary/aromatic N) is 2. The predicted octanol–water partition coefficient (Wildman–Crippen LogP) is 2.89. The zero-order valence-corrected chi connectivity index (χ0v) is 9.74. The summed E-state index contributed by atoms with van der Waals surface area (Å²) in [4.78, 5) is 0. The highest BCUT2D eigenvalue weighted by Crippen LogP contribution is 2.31. The molecule has 1 aromatic heterocycles. The summed E-state index contributed by atoms with van der Waals surface area (Å²) in [5.41, 5.74) is 0. The fraction of sp³-hybridized carbons (Fsp3) is 0.750. The van der Waals surface area contributed by atoms with Crippen LogP contribution in [0.3, 0.4) is 0 Å². The van der Waals surface area contributed by atoms with E-state index in [0.717, 1.165) is 12.5 Å². The molecular formula is C12H21N3. The van der Waals surface area contributed by atoms with Gasteiger partial charge in [-0.2, -0.15) is 5.10 Å². The van der Waals surface area contributed by atoms with Crippen LogP contribution in [-0.4, -0.2) is 15.8 Å². The van der Waals surface area contributed by atoms with Crippen LogP contribution >= 0.6 is 0 Å². The molecule has 0 aromatic carbocycles. The molecule has 1 N–H and O–H groups in total. The van der Waals surface area contributed by atoms with Crippen LogP contribution in [0.25, 0.3) is 0 Å². The first-order chi connectivity index (χ1) is 7.29. The Morgan fingerprint density at radius 1 is 1.60 bits per heavy atom. The lowest BCUT2D eigenvalue weighted by Gasteiger charge is -2.15. The summed E-state index contributed by atoms with van der Waals surface area (Å²) in [7, 11) is 0. The van der Waals surface area contributed by atoms with Gasteiger partial charge in [0.1, 0.15) is 5.82 Å². The van der Waals surface area contributed by atoms with E-state index in [1.807, 2.05) is 6.20 Å². The number of hydrogen-bond donors (Lipinski definition) is 1. The van der Waals surface area contributed by atoms with Crippen molar-refractivity contribution < 1.29 is 0 Å².